The lowest BCUT2D eigenvalue weighted by atomic mass is 10.2. The summed E-state index contributed by atoms with van der Waals surface area (Å²) in [4.78, 5) is 25.4. The van der Waals surface area contributed by atoms with Crippen molar-refractivity contribution < 1.29 is 19.1 Å². The quantitative estimate of drug-likeness (QED) is 0.714. The normalized spacial score (nSPS) is 17.1. The van der Waals surface area contributed by atoms with Crippen molar-refractivity contribution in [2.45, 2.75) is 12.6 Å². The lowest BCUT2D eigenvalue weighted by Gasteiger charge is -2.33. The van der Waals surface area contributed by atoms with Crippen molar-refractivity contribution in [2.24, 2.45) is 5.73 Å². The maximum atomic E-state index is 12.0. The molecule has 0 spiro atoms. The molecule has 1 heterocycles. The summed E-state index contributed by atoms with van der Waals surface area (Å²) in [6, 6.07) is 16.6. The van der Waals surface area contributed by atoms with Gasteiger partial charge in [-0.15, -0.1) is 0 Å². The molecular formula is C21H25N3O4. The molecule has 7 heteroatoms. The average Bonchev–Trinajstić information content (AvgIpc) is 2.72. The molecule has 0 aromatic heterocycles. The number of amides is 2. The first-order chi connectivity index (χ1) is 13.6. The number of primary amides is 1. The maximum Gasteiger partial charge on any atom is 0.258 e. The number of hydrogen-bond acceptors (Lipinski definition) is 5. The summed E-state index contributed by atoms with van der Waals surface area (Å²) in [6.45, 7) is 3.51. The van der Waals surface area contributed by atoms with E-state index < -0.39 is 5.91 Å². The van der Waals surface area contributed by atoms with Gasteiger partial charge in [0, 0.05) is 31.7 Å². The molecular weight excluding hydrogens is 358 g/mol. The molecule has 0 radical (unpaired) electrons. The number of nitrogens with one attached hydrogen (secondary N) is 1. The Bertz CT molecular complexity index is 780. The maximum absolute atomic E-state index is 12.0. The first-order valence-corrected chi connectivity index (χ1v) is 9.27. The second-order valence-corrected chi connectivity index (χ2v) is 6.69. The van der Waals surface area contributed by atoms with E-state index in [2.05, 4.69) is 22.3 Å². The van der Waals surface area contributed by atoms with Crippen molar-refractivity contribution >= 4 is 11.8 Å². The zero-order valence-corrected chi connectivity index (χ0v) is 15.7. The Hall–Kier alpha value is -2.90. The first-order valence-electron chi connectivity index (χ1n) is 9.27. The SMILES string of the molecule is NC(=O)c1ccc(OCC(=O)NC[C@H]2CN(Cc3ccccc3)CCO2)cc1. The summed E-state index contributed by atoms with van der Waals surface area (Å²) in [7, 11) is 0. The van der Waals surface area contributed by atoms with Gasteiger partial charge >= 0.3 is 0 Å². The molecule has 0 bridgehead atoms. The summed E-state index contributed by atoms with van der Waals surface area (Å²) < 4.78 is 11.2. The van der Waals surface area contributed by atoms with Crippen LogP contribution in [0.3, 0.4) is 0 Å². The number of hydrogen-bond donors (Lipinski definition) is 2. The van der Waals surface area contributed by atoms with Gasteiger partial charge in [0.2, 0.25) is 5.91 Å². The summed E-state index contributed by atoms with van der Waals surface area (Å²) in [6.07, 6.45) is -0.0451. The van der Waals surface area contributed by atoms with Crippen LogP contribution in [0.25, 0.3) is 0 Å². The Labute approximate surface area is 164 Å². The number of nitrogens with two attached hydrogens (primary N) is 1. The van der Waals surface area contributed by atoms with Crippen molar-refractivity contribution in [3.8, 4) is 5.75 Å². The van der Waals surface area contributed by atoms with Crippen LogP contribution in [-0.4, -0.2) is 55.7 Å². The van der Waals surface area contributed by atoms with E-state index in [0.29, 0.717) is 24.5 Å². The standard InChI is InChI=1S/C21H25N3O4/c22-21(26)17-6-8-18(9-7-17)28-15-20(25)23-12-19-14-24(10-11-27-19)13-16-4-2-1-3-5-16/h1-9,19H,10-15H2,(H2,22,26)(H,23,25)/t19-/m0/s1. The molecule has 28 heavy (non-hydrogen) atoms. The van der Waals surface area contributed by atoms with Crippen LogP contribution in [0, 0.1) is 0 Å². The minimum Gasteiger partial charge on any atom is -0.484 e. The Kier molecular flexibility index (Phi) is 7.00. The van der Waals surface area contributed by atoms with Crippen LogP contribution in [0.5, 0.6) is 5.75 Å². The topological polar surface area (TPSA) is 93.9 Å². The number of benzene rings is 2. The first kappa shape index (κ1) is 19.9. The molecule has 1 atom stereocenters. The molecule has 2 aromatic rings. The molecule has 2 amide bonds. The number of carbonyl (C=O) groups is 2. The van der Waals surface area contributed by atoms with Crippen LogP contribution in [0.2, 0.25) is 0 Å². The van der Waals surface area contributed by atoms with Gasteiger partial charge < -0.3 is 20.5 Å². The largest absolute Gasteiger partial charge is 0.484 e. The number of carbonyl (C=O) groups excluding carboxylic acids is 2. The van der Waals surface area contributed by atoms with Gasteiger partial charge in [-0.3, -0.25) is 14.5 Å². The van der Waals surface area contributed by atoms with Gasteiger partial charge in [-0.1, -0.05) is 30.3 Å². The second-order valence-electron chi connectivity index (χ2n) is 6.69. The van der Waals surface area contributed by atoms with Crippen LogP contribution in [-0.2, 0) is 16.1 Å². The van der Waals surface area contributed by atoms with Gasteiger partial charge in [0.1, 0.15) is 5.75 Å². The third-order valence-electron chi connectivity index (χ3n) is 4.51. The van der Waals surface area contributed by atoms with Gasteiger partial charge in [0.25, 0.3) is 5.91 Å². The number of nitrogens with zero attached hydrogens (tertiary/aromatic N) is 1. The van der Waals surface area contributed by atoms with E-state index in [9.17, 15) is 9.59 Å². The van der Waals surface area contributed by atoms with Crippen LogP contribution in [0.15, 0.2) is 54.6 Å². The molecule has 1 saturated heterocycles. The molecule has 1 aliphatic heterocycles. The van der Waals surface area contributed by atoms with E-state index in [4.69, 9.17) is 15.2 Å². The molecule has 3 rings (SSSR count). The average molecular weight is 383 g/mol. The van der Waals surface area contributed by atoms with E-state index in [-0.39, 0.29) is 18.6 Å². The van der Waals surface area contributed by atoms with Crippen molar-refractivity contribution in [2.75, 3.05) is 32.8 Å². The molecule has 1 aliphatic rings. The Balaban J connectivity index is 1.38. The Morgan fingerprint density at radius 2 is 1.89 bits per heavy atom. The van der Waals surface area contributed by atoms with Gasteiger partial charge in [-0.05, 0) is 29.8 Å². The fraction of sp³-hybridized carbons (Fsp3) is 0.333. The van der Waals surface area contributed by atoms with Crippen LogP contribution in [0.1, 0.15) is 15.9 Å². The predicted octanol–water partition coefficient (Wildman–Crippen LogP) is 1.18. The van der Waals surface area contributed by atoms with Crippen molar-refractivity contribution in [3.05, 3.63) is 65.7 Å². The van der Waals surface area contributed by atoms with E-state index in [1.165, 1.54) is 5.56 Å². The fourth-order valence-corrected chi connectivity index (χ4v) is 3.03. The zero-order valence-electron chi connectivity index (χ0n) is 15.7. The number of rotatable bonds is 8. The highest BCUT2D eigenvalue weighted by atomic mass is 16.5. The highest BCUT2D eigenvalue weighted by molar-refractivity contribution is 5.92. The molecule has 0 saturated carbocycles. The molecule has 0 unspecified atom stereocenters. The molecule has 7 nitrogen and oxygen atoms in total. The van der Waals surface area contributed by atoms with Gasteiger partial charge in [0.05, 0.1) is 12.7 Å². The molecule has 1 fully saturated rings. The fourth-order valence-electron chi connectivity index (χ4n) is 3.03. The molecule has 148 valence electrons. The predicted molar refractivity (Wildman–Crippen MR) is 105 cm³/mol. The van der Waals surface area contributed by atoms with E-state index >= 15 is 0 Å². The highest BCUT2D eigenvalue weighted by Gasteiger charge is 2.21. The third-order valence-corrected chi connectivity index (χ3v) is 4.51. The van der Waals surface area contributed by atoms with Gasteiger partial charge in [-0.2, -0.15) is 0 Å². The molecule has 3 N–H and O–H groups in total. The summed E-state index contributed by atoms with van der Waals surface area (Å²) in [5, 5.41) is 2.85. The Morgan fingerprint density at radius 1 is 1.14 bits per heavy atom. The molecule has 0 aliphatic carbocycles. The third kappa shape index (κ3) is 6.07. The van der Waals surface area contributed by atoms with Gasteiger partial charge in [0.15, 0.2) is 6.61 Å². The summed E-state index contributed by atoms with van der Waals surface area (Å²) >= 11 is 0. The second kappa shape index (κ2) is 9.87. The molecule has 2 aromatic carbocycles. The Morgan fingerprint density at radius 3 is 2.61 bits per heavy atom. The van der Waals surface area contributed by atoms with E-state index in [0.717, 1.165) is 19.6 Å². The van der Waals surface area contributed by atoms with E-state index in [1.807, 2.05) is 18.2 Å². The smallest absolute Gasteiger partial charge is 0.258 e. The lowest BCUT2D eigenvalue weighted by molar-refractivity contribution is -0.124. The zero-order chi connectivity index (χ0) is 19.8. The van der Waals surface area contributed by atoms with Crippen LogP contribution < -0.4 is 15.8 Å². The number of morpholine rings is 1. The monoisotopic (exact) mass is 383 g/mol. The minimum atomic E-state index is -0.502. The number of ether oxygens (including phenoxy) is 2. The van der Waals surface area contributed by atoms with Gasteiger partial charge in [-0.25, -0.2) is 0 Å². The van der Waals surface area contributed by atoms with Crippen molar-refractivity contribution in [1.29, 1.82) is 0 Å². The van der Waals surface area contributed by atoms with Crippen LogP contribution in [0.4, 0.5) is 0 Å². The van der Waals surface area contributed by atoms with E-state index in [1.54, 1.807) is 24.3 Å². The van der Waals surface area contributed by atoms with Crippen LogP contribution >= 0.6 is 0 Å². The lowest BCUT2D eigenvalue weighted by Crippen LogP contribution is -2.47. The minimum absolute atomic E-state index is 0.0451. The highest BCUT2D eigenvalue weighted by Crippen LogP contribution is 2.12. The summed E-state index contributed by atoms with van der Waals surface area (Å²) in [5.74, 6) is -0.219. The van der Waals surface area contributed by atoms with Crippen molar-refractivity contribution in [1.82, 2.24) is 10.2 Å². The summed E-state index contributed by atoms with van der Waals surface area (Å²) in [5.41, 5.74) is 6.85. The van der Waals surface area contributed by atoms with Crippen molar-refractivity contribution in [3.63, 3.8) is 0 Å².